The van der Waals surface area contributed by atoms with Crippen molar-refractivity contribution in [3.8, 4) is 0 Å². The van der Waals surface area contributed by atoms with E-state index in [-0.39, 0.29) is 5.95 Å². The molecule has 1 atom stereocenters. The summed E-state index contributed by atoms with van der Waals surface area (Å²) >= 11 is 0. The minimum atomic E-state index is -0.985. The Labute approximate surface area is 139 Å². The summed E-state index contributed by atoms with van der Waals surface area (Å²) in [4.78, 5) is 30.9. The number of nitrogens with one attached hydrogen (secondary N) is 2. The molecule has 0 spiro atoms. The molecule has 5 N–H and O–H groups in total. The van der Waals surface area contributed by atoms with E-state index < -0.39 is 17.9 Å². The number of benzene rings is 1. The lowest BCUT2D eigenvalue weighted by molar-refractivity contribution is -0.139. The monoisotopic (exact) mass is 330 g/mol. The van der Waals surface area contributed by atoms with Crippen molar-refractivity contribution < 1.29 is 14.7 Å². The highest BCUT2D eigenvalue weighted by Crippen LogP contribution is 2.27. The van der Waals surface area contributed by atoms with Crippen molar-refractivity contribution in [3.05, 3.63) is 23.8 Å². The molecule has 0 aliphatic heterocycles. The molecule has 1 aromatic heterocycles. The molecule has 1 aromatic carbocycles. The molecule has 1 saturated carbocycles. The van der Waals surface area contributed by atoms with E-state index in [0.29, 0.717) is 28.9 Å². The predicted octanol–water partition coefficient (Wildman–Crippen LogP) is 2.30. The van der Waals surface area contributed by atoms with Crippen molar-refractivity contribution in [3.63, 3.8) is 0 Å². The zero-order valence-electron chi connectivity index (χ0n) is 13.4. The number of carbonyl (C=O) groups is 2. The van der Waals surface area contributed by atoms with Gasteiger partial charge in [-0.1, -0.05) is 32.1 Å². The Morgan fingerprint density at radius 2 is 2.08 bits per heavy atom. The van der Waals surface area contributed by atoms with E-state index in [9.17, 15) is 14.7 Å². The lowest BCUT2D eigenvalue weighted by Gasteiger charge is -2.25. The van der Waals surface area contributed by atoms with Crippen LogP contribution in [0.4, 0.5) is 5.95 Å². The highest BCUT2D eigenvalue weighted by molar-refractivity contribution is 5.99. The highest BCUT2D eigenvalue weighted by Gasteiger charge is 2.26. The molecule has 24 heavy (non-hydrogen) atoms. The molecule has 1 fully saturated rings. The van der Waals surface area contributed by atoms with Gasteiger partial charge in [-0.3, -0.25) is 4.79 Å². The fourth-order valence-corrected chi connectivity index (χ4v) is 3.39. The first-order chi connectivity index (χ1) is 11.5. The number of nitrogens with two attached hydrogens (primary N) is 1. The summed E-state index contributed by atoms with van der Waals surface area (Å²) in [7, 11) is 0. The quantitative estimate of drug-likeness (QED) is 0.670. The van der Waals surface area contributed by atoms with Gasteiger partial charge in [0.15, 0.2) is 5.95 Å². The van der Waals surface area contributed by atoms with Crippen molar-refractivity contribution in [1.29, 1.82) is 0 Å². The predicted molar refractivity (Wildman–Crippen MR) is 90.6 cm³/mol. The zero-order chi connectivity index (χ0) is 17.1. The van der Waals surface area contributed by atoms with Gasteiger partial charge in [0.05, 0.1) is 11.0 Å². The SMILES string of the molecule is Nc1nc2ccc(C(=O)N[C@@H](CC3CCCCC3)C(=O)O)cc2[nH]1. The molecule has 1 aliphatic carbocycles. The Balaban J connectivity index is 1.70. The average molecular weight is 330 g/mol. The summed E-state index contributed by atoms with van der Waals surface area (Å²) in [6.45, 7) is 0. The number of imidazole rings is 1. The first kappa shape index (κ1) is 16.3. The van der Waals surface area contributed by atoms with E-state index in [1.54, 1.807) is 18.2 Å². The second-order valence-corrected chi connectivity index (χ2v) is 6.46. The van der Waals surface area contributed by atoms with Crippen LogP contribution in [0, 0.1) is 5.92 Å². The second-order valence-electron chi connectivity index (χ2n) is 6.46. The number of fused-ring (bicyclic) bond motifs is 1. The van der Waals surface area contributed by atoms with Crippen LogP contribution in [0.1, 0.15) is 48.9 Å². The summed E-state index contributed by atoms with van der Waals surface area (Å²) in [6.07, 6.45) is 6.07. The van der Waals surface area contributed by atoms with Gasteiger partial charge >= 0.3 is 5.97 Å². The molecular formula is C17H22N4O3. The van der Waals surface area contributed by atoms with Crippen LogP contribution in [0.25, 0.3) is 11.0 Å². The lowest BCUT2D eigenvalue weighted by Crippen LogP contribution is -2.42. The molecule has 0 unspecified atom stereocenters. The van der Waals surface area contributed by atoms with E-state index in [2.05, 4.69) is 15.3 Å². The molecule has 7 heteroatoms. The molecule has 0 saturated heterocycles. The minimum Gasteiger partial charge on any atom is -0.480 e. The average Bonchev–Trinajstić information content (AvgIpc) is 2.94. The largest absolute Gasteiger partial charge is 0.480 e. The Kier molecular flexibility index (Phi) is 4.69. The molecule has 128 valence electrons. The Morgan fingerprint density at radius 3 is 2.79 bits per heavy atom. The number of carboxylic acid groups (broad SMARTS) is 1. The minimum absolute atomic E-state index is 0.281. The van der Waals surface area contributed by atoms with E-state index in [1.165, 1.54) is 6.42 Å². The molecule has 7 nitrogen and oxygen atoms in total. The number of aromatic amines is 1. The standard InChI is InChI=1S/C17H22N4O3/c18-17-20-12-7-6-11(9-13(12)21-17)15(22)19-14(16(23)24)8-10-4-2-1-3-5-10/h6-7,9-10,14H,1-5,8H2,(H,19,22)(H,23,24)(H3,18,20,21)/t14-/m0/s1. The molecule has 0 radical (unpaired) electrons. The lowest BCUT2D eigenvalue weighted by atomic mass is 9.85. The summed E-state index contributed by atoms with van der Waals surface area (Å²) in [6, 6.07) is 4.09. The number of H-pyrrole nitrogens is 1. The third-order valence-corrected chi connectivity index (χ3v) is 4.66. The van der Waals surface area contributed by atoms with Crippen LogP contribution < -0.4 is 11.1 Å². The van der Waals surface area contributed by atoms with Crippen molar-refractivity contribution in [2.45, 2.75) is 44.6 Å². The van der Waals surface area contributed by atoms with Gasteiger partial charge in [0.2, 0.25) is 0 Å². The molecule has 3 rings (SSSR count). The number of hydrogen-bond donors (Lipinski definition) is 4. The van der Waals surface area contributed by atoms with Crippen molar-refractivity contribution in [2.75, 3.05) is 5.73 Å². The Morgan fingerprint density at radius 1 is 1.33 bits per heavy atom. The number of anilines is 1. The van der Waals surface area contributed by atoms with Gasteiger partial charge < -0.3 is 21.1 Å². The normalized spacial score (nSPS) is 16.8. The van der Waals surface area contributed by atoms with E-state index in [0.717, 1.165) is 25.7 Å². The number of nitrogens with zero attached hydrogens (tertiary/aromatic N) is 1. The maximum atomic E-state index is 12.4. The van der Waals surface area contributed by atoms with Gasteiger partial charge in [0.1, 0.15) is 6.04 Å². The molecular weight excluding hydrogens is 308 g/mol. The van der Waals surface area contributed by atoms with Crippen LogP contribution in [-0.4, -0.2) is 33.0 Å². The summed E-state index contributed by atoms with van der Waals surface area (Å²) < 4.78 is 0. The van der Waals surface area contributed by atoms with Crippen LogP contribution in [0.2, 0.25) is 0 Å². The molecule has 1 aliphatic rings. The molecule has 0 bridgehead atoms. The Hall–Kier alpha value is -2.57. The van der Waals surface area contributed by atoms with Crippen LogP contribution >= 0.6 is 0 Å². The van der Waals surface area contributed by atoms with Crippen molar-refractivity contribution in [2.24, 2.45) is 5.92 Å². The first-order valence-corrected chi connectivity index (χ1v) is 8.32. The first-order valence-electron chi connectivity index (χ1n) is 8.32. The van der Waals surface area contributed by atoms with E-state index >= 15 is 0 Å². The topological polar surface area (TPSA) is 121 Å². The van der Waals surface area contributed by atoms with Gasteiger partial charge in [-0.05, 0) is 30.5 Å². The summed E-state index contributed by atoms with van der Waals surface area (Å²) in [5.41, 5.74) is 7.31. The molecule has 1 amide bonds. The number of carboxylic acids is 1. The van der Waals surface area contributed by atoms with Crippen LogP contribution in [0.3, 0.4) is 0 Å². The summed E-state index contributed by atoms with van der Waals surface area (Å²) in [5, 5.41) is 12.1. The Bertz CT molecular complexity index is 749. The smallest absolute Gasteiger partial charge is 0.326 e. The number of carbonyl (C=O) groups excluding carboxylic acids is 1. The van der Waals surface area contributed by atoms with Crippen molar-refractivity contribution >= 4 is 28.9 Å². The van der Waals surface area contributed by atoms with Crippen LogP contribution in [0.5, 0.6) is 0 Å². The van der Waals surface area contributed by atoms with Gasteiger partial charge in [-0.2, -0.15) is 0 Å². The molecule has 1 heterocycles. The maximum absolute atomic E-state index is 12.4. The van der Waals surface area contributed by atoms with E-state index in [4.69, 9.17) is 5.73 Å². The second kappa shape index (κ2) is 6.90. The molecule has 2 aromatic rings. The fraction of sp³-hybridized carbons (Fsp3) is 0.471. The van der Waals surface area contributed by atoms with Gasteiger partial charge in [0.25, 0.3) is 5.91 Å². The van der Waals surface area contributed by atoms with Gasteiger partial charge in [-0.25, -0.2) is 9.78 Å². The number of hydrogen-bond acceptors (Lipinski definition) is 4. The van der Waals surface area contributed by atoms with Crippen LogP contribution in [0.15, 0.2) is 18.2 Å². The number of nitrogen functional groups attached to an aromatic ring is 1. The van der Waals surface area contributed by atoms with E-state index in [1.807, 2.05) is 0 Å². The number of amides is 1. The number of aliphatic carboxylic acids is 1. The number of rotatable bonds is 5. The van der Waals surface area contributed by atoms with Crippen molar-refractivity contribution in [1.82, 2.24) is 15.3 Å². The third-order valence-electron chi connectivity index (χ3n) is 4.66. The maximum Gasteiger partial charge on any atom is 0.326 e. The number of aromatic nitrogens is 2. The van der Waals surface area contributed by atoms with Crippen LogP contribution in [-0.2, 0) is 4.79 Å². The fourth-order valence-electron chi connectivity index (χ4n) is 3.39. The zero-order valence-corrected chi connectivity index (χ0v) is 13.4. The van der Waals surface area contributed by atoms with Gasteiger partial charge in [0, 0.05) is 5.56 Å². The third kappa shape index (κ3) is 3.67. The van der Waals surface area contributed by atoms with Gasteiger partial charge in [-0.15, -0.1) is 0 Å². The summed E-state index contributed by atoms with van der Waals surface area (Å²) in [5.74, 6) is -0.729. The highest BCUT2D eigenvalue weighted by atomic mass is 16.4.